The van der Waals surface area contributed by atoms with Gasteiger partial charge in [0.1, 0.15) is 11.6 Å². The van der Waals surface area contributed by atoms with E-state index in [0.717, 1.165) is 19.3 Å². The van der Waals surface area contributed by atoms with E-state index in [0.29, 0.717) is 11.7 Å². The molecule has 0 atom stereocenters. The zero-order chi connectivity index (χ0) is 12.3. The Morgan fingerprint density at radius 2 is 1.53 bits per heavy atom. The molecule has 0 aromatic heterocycles. The lowest BCUT2D eigenvalue weighted by Gasteiger charge is -1.95. The summed E-state index contributed by atoms with van der Waals surface area (Å²) in [4.78, 5) is 20.6. The summed E-state index contributed by atoms with van der Waals surface area (Å²) in [5.74, 6) is 1.13. The highest BCUT2D eigenvalue weighted by Crippen LogP contribution is 1.98. The minimum Gasteiger partial charge on any atom is -0.300 e. The van der Waals surface area contributed by atoms with Crippen molar-refractivity contribution in [3.8, 4) is 0 Å². The molecule has 0 aromatic carbocycles. The summed E-state index contributed by atoms with van der Waals surface area (Å²) in [7, 11) is 0. The van der Waals surface area contributed by atoms with E-state index in [2.05, 4.69) is 6.92 Å². The Kier molecular flexibility index (Phi) is 12.8. The second-order valence-electron chi connectivity index (χ2n) is 4.46. The van der Waals surface area contributed by atoms with Crippen molar-refractivity contribution in [3.63, 3.8) is 0 Å². The number of Topliss-reactive ketones (excluding diaryl/α,β-unsaturated/α-hetero) is 2. The predicted octanol–water partition coefficient (Wildman–Crippen LogP) is 3.78. The molecule has 0 aromatic rings. The normalized spacial score (nSPS) is 9.47. The van der Waals surface area contributed by atoms with Gasteiger partial charge in [0.15, 0.2) is 0 Å². The predicted molar refractivity (Wildman–Crippen MR) is 65.0 cm³/mol. The highest BCUT2D eigenvalue weighted by Gasteiger charge is 1.95. The van der Waals surface area contributed by atoms with Crippen molar-refractivity contribution in [3.05, 3.63) is 0 Å². The zero-order valence-corrected chi connectivity index (χ0v) is 10.9. The third kappa shape index (κ3) is 24.7. The fraction of sp³-hybridized carbons (Fsp3) is 0.846. The van der Waals surface area contributed by atoms with Gasteiger partial charge < -0.3 is 9.59 Å². The van der Waals surface area contributed by atoms with Crippen LogP contribution < -0.4 is 0 Å². The second kappa shape index (κ2) is 11.4. The molecule has 0 aliphatic rings. The minimum atomic E-state index is 0.287. The van der Waals surface area contributed by atoms with Crippen LogP contribution in [0.25, 0.3) is 0 Å². The first-order valence-corrected chi connectivity index (χ1v) is 5.89. The van der Waals surface area contributed by atoms with E-state index in [1.54, 1.807) is 13.8 Å². The van der Waals surface area contributed by atoms with Crippen LogP contribution in [0.3, 0.4) is 0 Å². The Hall–Kier alpha value is -0.660. The molecule has 90 valence electrons. The van der Waals surface area contributed by atoms with Crippen molar-refractivity contribution in [1.82, 2.24) is 0 Å². The van der Waals surface area contributed by atoms with Crippen LogP contribution in [0.4, 0.5) is 0 Å². The molecule has 0 radical (unpaired) electrons. The molecule has 15 heavy (non-hydrogen) atoms. The van der Waals surface area contributed by atoms with Crippen molar-refractivity contribution in [2.45, 2.75) is 66.7 Å². The molecule has 0 aliphatic heterocycles. The van der Waals surface area contributed by atoms with Gasteiger partial charge in [-0.3, -0.25) is 0 Å². The lowest BCUT2D eigenvalue weighted by atomic mass is 10.1. The summed E-state index contributed by atoms with van der Waals surface area (Å²) >= 11 is 0. The Labute approximate surface area is 94.4 Å². The first-order chi connectivity index (χ1) is 6.90. The maximum Gasteiger partial charge on any atom is 0.130 e. The zero-order valence-electron chi connectivity index (χ0n) is 10.9. The van der Waals surface area contributed by atoms with Gasteiger partial charge >= 0.3 is 0 Å². The third-order valence-electron chi connectivity index (χ3n) is 1.83. The molecule has 0 spiro atoms. The molecule has 2 nitrogen and oxygen atoms in total. The van der Waals surface area contributed by atoms with Crippen molar-refractivity contribution in [2.24, 2.45) is 5.92 Å². The number of unbranched alkanes of at least 4 members (excludes halogenated alkanes) is 2. The molecular weight excluding hydrogens is 188 g/mol. The second-order valence-corrected chi connectivity index (χ2v) is 4.46. The van der Waals surface area contributed by atoms with Crippen molar-refractivity contribution in [2.75, 3.05) is 0 Å². The van der Waals surface area contributed by atoms with Crippen molar-refractivity contribution >= 4 is 11.6 Å². The van der Waals surface area contributed by atoms with Gasteiger partial charge in [-0.2, -0.15) is 0 Å². The molecule has 0 rings (SSSR count). The number of hydrogen-bond donors (Lipinski definition) is 0. The summed E-state index contributed by atoms with van der Waals surface area (Å²) < 4.78 is 0. The fourth-order valence-electron chi connectivity index (χ4n) is 1.20. The van der Waals surface area contributed by atoms with Crippen LogP contribution >= 0.6 is 0 Å². The minimum absolute atomic E-state index is 0.287. The van der Waals surface area contributed by atoms with Gasteiger partial charge in [-0.15, -0.1) is 0 Å². The maximum atomic E-state index is 10.3. The summed E-state index contributed by atoms with van der Waals surface area (Å²) in [5, 5.41) is 0. The van der Waals surface area contributed by atoms with Crippen LogP contribution in [0.5, 0.6) is 0 Å². The van der Waals surface area contributed by atoms with Crippen LogP contribution in [0, 0.1) is 5.92 Å². The average molecular weight is 214 g/mol. The molecule has 0 unspecified atom stereocenters. The summed E-state index contributed by atoms with van der Waals surface area (Å²) in [5.41, 5.74) is 0. The maximum absolute atomic E-state index is 10.3. The molecule has 2 heteroatoms. The van der Waals surface area contributed by atoms with E-state index >= 15 is 0 Å². The highest BCUT2D eigenvalue weighted by molar-refractivity contribution is 5.75. The molecule has 0 N–H and O–H groups in total. The SMILES string of the molecule is CC(=O)CC(C)C.CCCCCC(C)=O. The van der Waals surface area contributed by atoms with Crippen LogP contribution in [0.2, 0.25) is 0 Å². The smallest absolute Gasteiger partial charge is 0.130 e. The summed E-state index contributed by atoms with van der Waals surface area (Å²) in [6, 6.07) is 0. The molecule has 0 aliphatic carbocycles. The van der Waals surface area contributed by atoms with Crippen LogP contribution in [0.1, 0.15) is 66.7 Å². The molecule has 0 heterocycles. The van der Waals surface area contributed by atoms with Crippen molar-refractivity contribution < 1.29 is 9.59 Å². The van der Waals surface area contributed by atoms with E-state index in [1.165, 1.54) is 12.8 Å². The number of rotatable bonds is 6. The molecular formula is C13H26O2. The lowest BCUT2D eigenvalue weighted by molar-refractivity contribution is -0.118. The number of hydrogen-bond acceptors (Lipinski definition) is 2. The van der Waals surface area contributed by atoms with E-state index in [1.807, 2.05) is 13.8 Å². The van der Waals surface area contributed by atoms with Gasteiger partial charge in [0.2, 0.25) is 0 Å². The van der Waals surface area contributed by atoms with E-state index in [9.17, 15) is 9.59 Å². The number of carbonyl (C=O) groups excluding carboxylic acids is 2. The first kappa shape index (κ1) is 16.8. The monoisotopic (exact) mass is 214 g/mol. The van der Waals surface area contributed by atoms with Crippen LogP contribution in [-0.2, 0) is 9.59 Å². The summed E-state index contributed by atoms with van der Waals surface area (Å²) in [6.07, 6.45) is 4.96. The van der Waals surface area contributed by atoms with Gasteiger partial charge in [0, 0.05) is 12.8 Å². The average Bonchev–Trinajstić information content (AvgIpc) is 2.02. The molecule has 0 saturated heterocycles. The van der Waals surface area contributed by atoms with Gasteiger partial charge in [0.05, 0.1) is 0 Å². The molecule has 0 fully saturated rings. The topological polar surface area (TPSA) is 34.1 Å². The standard InChI is InChI=1S/C7H14O.C6H12O/c1-3-4-5-6-7(2)8;1-5(2)4-6(3)7/h3-6H2,1-2H3;5H,4H2,1-3H3. The molecule has 0 saturated carbocycles. The quantitative estimate of drug-likeness (QED) is 0.631. The van der Waals surface area contributed by atoms with E-state index < -0.39 is 0 Å². The molecule has 0 bridgehead atoms. The van der Waals surface area contributed by atoms with Gasteiger partial charge in [-0.1, -0.05) is 33.6 Å². The van der Waals surface area contributed by atoms with Gasteiger partial charge in [-0.25, -0.2) is 0 Å². The fourth-order valence-corrected chi connectivity index (χ4v) is 1.20. The first-order valence-electron chi connectivity index (χ1n) is 5.89. The van der Waals surface area contributed by atoms with Crippen molar-refractivity contribution in [1.29, 1.82) is 0 Å². The largest absolute Gasteiger partial charge is 0.300 e. The number of ketones is 2. The van der Waals surface area contributed by atoms with Gasteiger partial charge in [-0.05, 0) is 26.2 Å². The Balaban J connectivity index is 0. The van der Waals surface area contributed by atoms with Crippen LogP contribution in [0.15, 0.2) is 0 Å². The van der Waals surface area contributed by atoms with Gasteiger partial charge in [0.25, 0.3) is 0 Å². The van der Waals surface area contributed by atoms with E-state index in [4.69, 9.17) is 0 Å². The van der Waals surface area contributed by atoms with E-state index in [-0.39, 0.29) is 5.78 Å². The Morgan fingerprint density at radius 3 is 1.73 bits per heavy atom. The highest BCUT2D eigenvalue weighted by atomic mass is 16.1. The third-order valence-corrected chi connectivity index (χ3v) is 1.83. The van der Waals surface area contributed by atoms with Crippen LogP contribution in [-0.4, -0.2) is 11.6 Å². The molecule has 0 amide bonds. The lowest BCUT2D eigenvalue weighted by Crippen LogP contribution is -1.95. The Morgan fingerprint density at radius 1 is 1.00 bits per heavy atom. The number of carbonyl (C=O) groups is 2. The summed E-state index contributed by atoms with van der Waals surface area (Å²) in [6.45, 7) is 9.50. The Bertz CT molecular complexity index is 171.